The minimum Gasteiger partial charge on any atom is -0.271 e. The lowest BCUT2D eigenvalue weighted by atomic mass is 10.0. The average molecular weight is 311 g/mol. The van der Waals surface area contributed by atoms with Gasteiger partial charge in [0.15, 0.2) is 0 Å². The maximum absolute atomic E-state index is 5.65. The highest BCUT2D eigenvalue weighted by Gasteiger charge is 2.12. The Hall–Kier alpha value is -0.680. The van der Waals surface area contributed by atoms with Crippen molar-refractivity contribution in [2.45, 2.75) is 18.9 Å². The zero-order valence-corrected chi connectivity index (χ0v) is 11.8. The number of hydrogen-bond acceptors (Lipinski definition) is 3. The molecule has 4 heteroatoms. The van der Waals surface area contributed by atoms with E-state index in [4.69, 9.17) is 5.84 Å². The molecule has 17 heavy (non-hydrogen) atoms. The molecule has 1 aromatic carbocycles. The van der Waals surface area contributed by atoms with Gasteiger partial charge in [-0.25, -0.2) is 0 Å². The Morgan fingerprint density at radius 3 is 2.71 bits per heavy atom. The Bertz CT molecular complexity index is 456. The lowest BCUT2D eigenvalue weighted by Gasteiger charge is -2.17. The van der Waals surface area contributed by atoms with E-state index in [1.165, 1.54) is 10.4 Å². The average Bonchev–Trinajstić information content (AvgIpc) is 2.85. The van der Waals surface area contributed by atoms with E-state index in [0.29, 0.717) is 0 Å². The van der Waals surface area contributed by atoms with Crippen LogP contribution in [0.15, 0.2) is 46.3 Å². The Morgan fingerprint density at radius 2 is 2.06 bits per heavy atom. The van der Waals surface area contributed by atoms with E-state index >= 15 is 0 Å². The van der Waals surface area contributed by atoms with Crippen LogP contribution >= 0.6 is 27.3 Å². The Kier molecular flexibility index (Phi) is 4.74. The molecule has 0 aliphatic heterocycles. The van der Waals surface area contributed by atoms with E-state index in [2.05, 4.69) is 44.9 Å². The first-order valence-corrected chi connectivity index (χ1v) is 7.21. The molecule has 1 unspecified atom stereocenters. The molecule has 0 radical (unpaired) electrons. The molecule has 2 nitrogen and oxygen atoms in total. The monoisotopic (exact) mass is 310 g/mol. The predicted octanol–water partition coefficient (Wildman–Crippen LogP) is 3.65. The summed E-state index contributed by atoms with van der Waals surface area (Å²) in [5, 5.41) is 2.11. The van der Waals surface area contributed by atoms with Crippen LogP contribution in [-0.2, 0) is 6.42 Å². The molecule has 0 saturated heterocycles. The Balaban J connectivity index is 2.04. The molecular formula is C13H15BrN2S. The minimum atomic E-state index is 0.188. The zero-order valence-electron chi connectivity index (χ0n) is 9.40. The second-order valence-electron chi connectivity index (χ2n) is 3.86. The van der Waals surface area contributed by atoms with E-state index in [1.54, 1.807) is 11.3 Å². The predicted molar refractivity (Wildman–Crippen MR) is 76.8 cm³/mol. The fourth-order valence-electron chi connectivity index (χ4n) is 1.83. The molecule has 0 amide bonds. The first kappa shape index (κ1) is 12.8. The molecule has 90 valence electrons. The van der Waals surface area contributed by atoms with Crippen molar-refractivity contribution in [1.82, 2.24) is 5.43 Å². The van der Waals surface area contributed by atoms with Gasteiger partial charge in [-0.1, -0.05) is 40.2 Å². The summed E-state index contributed by atoms with van der Waals surface area (Å²) in [7, 11) is 0. The molecule has 1 atom stereocenters. The lowest BCUT2D eigenvalue weighted by Crippen LogP contribution is -2.28. The fourth-order valence-corrected chi connectivity index (χ4v) is 3.11. The second kappa shape index (κ2) is 6.31. The number of aryl methyl sites for hydroxylation is 1. The number of nitrogens with two attached hydrogens (primary N) is 1. The van der Waals surface area contributed by atoms with Crippen LogP contribution in [-0.4, -0.2) is 0 Å². The third-order valence-corrected chi connectivity index (χ3v) is 4.40. The number of rotatable bonds is 5. The Morgan fingerprint density at radius 1 is 1.24 bits per heavy atom. The molecule has 2 rings (SSSR count). The highest BCUT2D eigenvalue weighted by molar-refractivity contribution is 9.10. The van der Waals surface area contributed by atoms with Gasteiger partial charge in [-0.15, -0.1) is 11.3 Å². The molecule has 1 aromatic heterocycles. The summed E-state index contributed by atoms with van der Waals surface area (Å²) in [6.07, 6.45) is 2.05. The van der Waals surface area contributed by atoms with Crippen molar-refractivity contribution in [2.24, 2.45) is 5.84 Å². The van der Waals surface area contributed by atoms with Crippen LogP contribution in [0.1, 0.15) is 22.9 Å². The van der Waals surface area contributed by atoms with E-state index in [-0.39, 0.29) is 6.04 Å². The van der Waals surface area contributed by atoms with Gasteiger partial charge in [-0.3, -0.25) is 11.3 Å². The summed E-state index contributed by atoms with van der Waals surface area (Å²) in [6.45, 7) is 0. The van der Waals surface area contributed by atoms with Crippen molar-refractivity contribution in [3.05, 3.63) is 56.7 Å². The summed E-state index contributed by atoms with van der Waals surface area (Å²) in [4.78, 5) is 1.40. The van der Waals surface area contributed by atoms with Crippen LogP contribution in [0.5, 0.6) is 0 Å². The first-order chi connectivity index (χ1) is 8.31. The van der Waals surface area contributed by atoms with Crippen molar-refractivity contribution in [2.75, 3.05) is 0 Å². The minimum absolute atomic E-state index is 0.188. The zero-order chi connectivity index (χ0) is 12.1. The van der Waals surface area contributed by atoms with Crippen LogP contribution in [0.4, 0.5) is 0 Å². The van der Waals surface area contributed by atoms with Gasteiger partial charge < -0.3 is 0 Å². The largest absolute Gasteiger partial charge is 0.271 e. The SMILES string of the molecule is NNC(CCc1cccs1)c1ccccc1Br. The van der Waals surface area contributed by atoms with Crippen molar-refractivity contribution >= 4 is 27.3 Å². The van der Waals surface area contributed by atoms with Crippen molar-refractivity contribution in [1.29, 1.82) is 0 Å². The maximum Gasteiger partial charge on any atom is 0.0474 e. The molecule has 0 saturated carbocycles. The van der Waals surface area contributed by atoms with Crippen LogP contribution in [0.2, 0.25) is 0 Å². The number of hydrogen-bond donors (Lipinski definition) is 2. The van der Waals surface area contributed by atoms with E-state index in [1.807, 2.05) is 18.2 Å². The Labute approximate surface area is 114 Å². The van der Waals surface area contributed by atoms with E-state index in [9.17, 15) is 0 Å². The highest BCUT2D eigenvalue weighted by Crippen LogP contribution is 2.26. The molecule has 1 heterocycles. The molecule has 2 aromatic rings. The number of nitrogens with one attached hydrogen (secondary N) is 1. The van der Waals surface area contributed by atoms with Gasteiger partial charge in [0.1, 0.15) is 0 Å². The third-order valence-electron chi connectivity index (χ3n) is 2.74. The van der Waals surface area contributed by atoms with E-state index < -0.39 is 0 Å². The van der Waals surface area contributed by atoms with E-state index in [0.717, 1.165) is 17.3 Å². The van der Waals surface area contributed by atoms with Crippen LogP contribution in [0.25, 0.3) is 0 Å². The van der Waals surface area contributed by atoms with Gasteiger partial charge in [0, 0.05) is 15.4 Å². The van der Waals surface area contributed by atoms with Gasteiger partial charge in [0.2, 0.25) is 0 Å². The molecule has 0 bridgehead atoms. The number of thiophene rings is 1. The molecular weight excluding hydrogens is 296 g/mol. The number of halogens is 1. The smallest absolute Gasteiger partial charge is 0.0474 e. The second-order valence-corrected chi connectivity index (χ2v) is 5.75. The first-order valence-electron chi connectivity index (χ1n) is 5.54. The third kappa shape index (κ3) is 3.39. The quantitative estimate of drug-likeness (QED) is 0.653. The van der Waals surface area contributed by atoms with Crippen molar-refractivity contribution in [3.63, 3.8) is 0 Å². The molecule has 3 N–H and O–H groups in total. The van der Waals surface area contributed by atoms with Gasteiger partial charge in [0.25, 0.3) is 0 Å². The van der Waals surface area contributed by atoms with Gasteiger partial charge in [-0.2, -0.15) is 0 Å². The van der Waals surface area contributed by atoms with Crippen LogP contribution in [0, 0.1) is 0 Å². The molecule has 0 fully saturated rings. The summed E-state index contributed by atoms with van der Waals surface area (Å²) in [6, 6.07) is 12.6. The maximum atomic E-state index is 5.65. The standard InChI is InChI=1S/C13H15BrN2S/c14-12-6-2-1-5-11(12)13(16-15)8-7-10-4-3-9-17-10/h1-6,9,13,16H,7-8,15H2. The highest BCUT2D eigenvalue weighted by atomic mass is 79.9. The lowest BCUT2D eigenvalue weighted by molar-refractivity contribution is 0.516. The molecule has 0 spiro atoms. The summed E-state index contributed by atoms with van der Waals surface area (Å²) in [5.41, 5.74) is 4.11. The molecule has 0 aliphatic carbocycles. The van der Waals surface area contributed by atoms with Crippen LogP contribution < -0.4 is 11.3 Å². The summed E-state index contributed by atoms with van der Waals surface area (Å²) in [5.74, 6) is 5.65. The normalized spacial score (nSPS) is 12.6. The van der Waals surface area contributed by atoms with Gasteiger partial charge >= 0.3 is 0 Å². The van der Waals surface area contributed by atoms with Gasteiger partial charge in [-0.05, 0) is 35.9 Å². The summed E-state index contributed by atoms with van der Waals surface area (Å²) < 4.78 is 1.11. The topological polar surface area (TPSA) is 38.0 Å². The van der Waals surface area contributed by atoms with Gasteiger partial charge in [0.05, 0.1) is 0 Å². The van der Waals surface area contributed by atoms with Crippen molar-refractivity contribution < 1.29 is 0 Å². The molecule has 0 aliphatic rings. The van der Waals surface area contributed by atoms with Crippen molar-refractivity contribution in [3.8, 4) is 0 Å². The van der Waals surface area contributed by atoms with Crippen LogP contribution in [0.3, 0.4) is 0 Å². The summed E-state index contributed by atoms with van der Waals surface area (Å²) >= 11 is 5.36. The number of benzene rings is 1. The number of hydrazine groups is 1. The fraction of sp³-hybridized carbons (Fsp3) is 0.231.